The molecule has 0 aliphatic heterocycles. The molecule has 0 atom stereocenters. The standard InChI is InChI=1S/C17H15F2N3OS/c1-21(9-12-5-6-13(18)14(19)8-12)11-22-16(10-24-17(22)23)15-4-2-3-7-20-15/h2-8,10H,9,11H2,1H3. The van der Waals surface area contributed by atoms with Gasteiger partial charge in [-0.05, 0) is 36.9 Å². The SMILES string of the molecule is CN(Cc1ccc(F)c(F)c1)Cn1c(-c2ccccn2)csc1=O. The quantitative estimate of drug-likeness (QED) is 0.710. The Morgan fingerprint density at radius 2 is 2.04 bits per heavy atom. The minimum absolute atomic E-state index is 0.0900. The van der Waals surface area contributed by atoms with Crippen molar-refractivity contribution in [2.75, 3.05) is 7.05 Å². The van der Waals surface area contributed by atoms with Crippen molar-refractivity contribution in [2.45, 2.75) is 13.2 Å². The fourth-order valence-corrected chi connectivity index (χ4v) is 3.16. The van der Waals surface area contributed by atoms with Gasteiger partial charge in [0, 0.05) is 18.1 Å². The van der Waals surface area contributed by atoms with Gasteiger partial charge in [-0.15, -0.1) is 0 Å². The number of thiazole rings is 1. The smallest absolute Gasteiger partial charge is 0.284 e. The third-order valence-corrected chi connectivity index (χ3v) is 4.29. The lowest BCUT2D eigenvalue weighted by atomic mass is 10.2. The Hall–Kier alpha value is -2.38. The Labute approximate surface area is 141 Å². The largest absolute Gasteiger partial charge is 0.308 e. The molecule has 0 N–H and O–H groups in total. The molecule has 7 heteroatoms. The van der Waals surface area contributed by atoms with E-state index in [1.807, 2.05) is 30.1 Å². The predicted molar refractivity (Wildman–Crippen MR) is 89.6 cm³/mol. The summed E-state index contributed by atoms with van der Waals surface area (Å²) in [6, 6.07) is 9.32. The highest BCUT2D eigenvalue weighted by atomic mass is 32.1. The zero-order valence-electron chi connectivity index (χ0n) is 12.9. The van der Waals surface area contributed by atoms with E-state index in [9.17, 15) is 13.6 Å². The van der Waals surface area contributed by atoms with Crippen molar-refractivity contribution < 1.29 is 8.78 Å². The van der Waals surface area contributed by atoms with Crippen molar-refractivity contribution in [3.05, 3.63) is 74.8 Å². The van der Waals surface area contributed by atoms with E-state index in [-0.39, 0.29) is 4.87 Å². The molecule has 0 radical (unpaired) electrons. The van der Waals surface area contributed by atoms with Gasteiger partial charge in [-0.2, -0.15) is 0 Å². The third kappa shape index (κ3) is 3.58. The van der Waals surface area contributed by atoms with Crippen LogP contribution in [0, 0.1) is 11.6 Å². The maximum atomic E-state index is 13.3. The Kier molecular flexibility index (Phi) is 4.82. The molecule has 0 aliphatic carbocycles. The first-order chi connectivity index (χ1) is 11.5. The third-order valence-electron chi connectivity index (χ3n) is 3.53. The molecule has 1 aromatic carbocycles. The van der Waals surface area contributed by atoms with E-state index in [0.29, 0.717) is 18.8 Å². The molecule has 0 aliphatic rings. The highest BCUT2D eigenvalue weighted by molar-refractivity contribution is 7.07. The Morgan fingerprint density at radius 1 is 1.21 bits per heavy atom. The molecule has 4 nitrogen and oxygen atoms in total. The normalized spacial score (nSPS) is 11.2. The zero-order chi connectivity index (χ0) is 17.1. The summed E-state index contributed by atoms with van der Waals surface area (Å²) in [5.74, 6) is -1.74. The summed E-state index contributed by atoms with van der Waals surface area (Å²) in [5.41, 5.74) is 2.10. The van der Waals surface area contributed by atoms with E-state index in [2.05, 4.69) is 4.98 Å². The molecule has 2 heterocycles. The number of hydrogen-bond donors (Lipinski definition) is 0. The lowest BCUT2D eigenvalue weighted by Crippen LogP contribution is -2.27. The van der Waals surface area contributed by atoms with Gasteiger partial charge in [0.15, 0.2) is 11.6 Å². The second-order valence-corrected chi connectivity index (χ2v) is 6.25. The van der Waals surface area contributed by atoms with E-state index in [1.165, 1.54) is 12.1 Å². The fourth-order valence-electron chi connectivity index (χ4n) is 2.42. The molecule has 0 saturated carbocycles. The molecular formula is C17H15F2N3OS. The average Bonchev–Trinajstić information content (AvgIpc) is 2.93. The topological polar surface area (TPSA) is 38.1 Å². The van der Waals surface area contributed by atoms with Crippen LogP contribution in [-0.4, -0.2) is 21.5 Å². The molecule has 3 rings (SSSR count). The number of halogens is 2. The summed E-state index contributed by atoms with van der Waals surface area (Å²) in [6.07, 6.45) is 1.67. The van der Waals surface area contributed by atoms with Crippen LogP contribution in [0.4, 0.5) is 8.78 Å². The fraction of sp³-hybridized carbons (Fsp3) is 0.176. The van der Waals surface area contributed by atoms with Gasteiger partial charge in [-0.1, -0.05) is 23.5 Å². The van der Waals surface area contributed by atoms with Gasteiger partial charge in [0.1, 0.15) is 0 Å². The van der Waals surface area contributed by atoms with Crippen molar-refractivity contribution in [3.8, 4) is 11.4 Å². The minimum Gasteiger partial charge on any atom is -0.284 e. The van der Waals surface area contributed by atoms with Crippen LogP contribution < -0.4 is 4.87 Å². The number of rotatable bonds is 5. The summed E-state index contributed by atoms with van der Waals surface area (Å²) >= 11 is 1.11. The van der Waals surface area contributed by atoms with Crippen molar-refractivity contribution in [2.24, 2.45) is 0 Å². The van der Waals surface area contributed by atoms with Gasteiger partial charge in [-0.25, -0.2) is 8.78 Å². The molecule has 0 unspecified atom stereocenters. The van der Waals surface area contributed by atoms with Gasteiger partial charge >= 0.3 is 4.87 Å². The van der Waals surface area contributed by atoms with Gasteiger partial charge < -0.3 is 0 Å². The number of hydrogen-bond acceptors (Lipinski definition) is 4. The molecule has 0 saturated heterocycles. The second-order valence-electron chi connectivity index (χ2n) is 5.43. The highest BCUT2D eigenvalue weighted by Crippen LogP contribution is 2.18. The molecule has 0 amide bonds. The van der Waals surface area contributed by atoms with E-state index in [4.69, 9.17) is 0 Å². The molecule has 2 aromatic heterocycles. The summed E-state index contributed by atoms with van der Waals surface area (Å²) in [4.78, 5) is 18.2. The number of aromatic nitrogens is 2. The maximum absolute atomic E-state index is 13.3. The van der Waals surface area contributed by atoms with Crippen molar-refractivity contribution in [1.29, 1.82) is 0 Å². The maximum Gasteiger partial charge on any atom is 0.308 e. The van der Waals surface area contributed by atoms with Crippen LogP contribution in [0.15, 0.2) is 52.8 Å². The number of nitrogens with zero attached hydrogens (tertiary/aromatic N) is 3. The molecule has 0 fully saturated rings. The van der Waals surface area contributed by atoms with Crippen LogP contribution in [-0.2, 0) is 13.2 Å². The Morgan fingerprint density at radius 3 is 2.75 bits per heavy atom. The number of benzene rings is 1. The summed E-state index contributed by atoms with van der Waals surface area (Å²) < 4.78 is 27.9. The first-order valence-corrected chi connectivity index (χ1v) is 8.15. The predicted octanol–water partition coefficient (Wildman–Crippen LogP) is 3.34. The van der Waals surface area contributed by atoms with Crippen LogP contribution in [0.25, 0.3) is 11.4 Å². The van der Waals surface area contributed by atoms with Gasteiger partial charge in [0.2, 0.25) is 0 Å². The first kappa shape index (κ1) is 16.5. The minimum atomic E-state index is -0.872. The van der Waals surface area contributed by atoms with Crippen molar-refractivity contribution >= 4 is 11.3 Å². The summed E-state index contributed by atoms with van der Waals surface area (Å²) in [5, 5.41) is 1.77. The first-order valence-electron chi connectivity index (χ1n) is 7.27. The lowest BCUT2D eigenvalue weighted by Gasteiger charge is -2.18. The molecule has 3 aromatic rings. The van der Waals surface area contributed by atoms with Crippen LogP contribution in [0.5, 0.6) is 0 Å². The molecule has 0 spiro atoms. The Bertz CT molecular complexity index is 892. The van der Waals surface area contributed by atoms with E-state index >= 15 is 0 Å². The second kappa shape index (κ2) is 7.02. The van der Waals surface area contributed by atoms with E-state index < -0.39 is 11.6 Å². The van der Waals surface area contributed by atoms with Gasteiger partial charge in [0.05, 0.1) is 18.1 Å². The van der Waals surface area contributed by atoms with Crippen LogP contribution in [0.2, 0.25) is 0 Å². The Balaban J connectivity index is 1.80. The molecule has 124 valence electrons. The van der Waals surface area contributed by atoms with Gasteiger partial charge in [-0.3, -0.25) is 19.2 Å². The monoisotopic (exact) mass is 347 g/mol. The van der Waals surface area contributed by atoms with Crippen molar-refractivity contribution in [3.63, 3.8) is 0 Å². The molecule has 0 bridgehead atoms. The van der Waals surface area contributed by atoms with Crippen LogP contribution in [0.1, 0.15) is 5.56 Å². The van der Waals surface area contributed by atoms with Gasteiger partial charge in [0.25, 0.3) is 0 Å². The lowest BCUT2D eigenvalue weighted by molar-refractivity contribution is 0.259. The number of pyridine rings is 1. The highest BCUT2D eigenvalue weighted by Gasteiger charge is 2.12. The summed E-state index contributed by atoms with van der Waals surface area (Å²) in [7, 11) is 1.81. The molecule has 24 heavy (non-hydrogen) atoms. The molecular weight excluding hydrogens is 332 g/mol. The summed E-state index contributed by atoms with van der Waals surface area (Å²) in [6.45, 7) is 0.717. The van der Waals surface area contributed by atoms with E-state index in [1.54, 1.807) is 16.1 Å². The van der Waals surface area contributed by atoms with E-state index in [0.717, 1.165) is 28.8 Å². The van der Waals surface area contributed by atoms with Crippen molar-refractivity contribution in [1.82, 2.24) is 14.5 Å². The average molecular weight is 347 g/mol. The zero-order valence-corrected chi connectivity index (χ0v) is 13.8. The van der Waals surface area contributed by atoms with Crippen LogP contribution in [0.3, 0.4) is 0 Å². The van der Waals surface area contributed by atoms with Crippen LogP contribution >= 0.6 is 11.3 Å².